The molecule has 0 spiro atoms. The normalized spacial score (nSPS) is 43.2. The molecule has 2 fully saturated rings. The summed E-state index contributed by atoms with van der Waals surface area (Å²) in [7, 11) is 0. The molecule has 1 aliphatic heterocycles. The van der Waals surface area contributed by atoms with Crippen molar-refractivity contribution in [3.8, 4) is 0 Å². The Bertz CT molecular complexity index is 532. The first kappa shape index (κ1) is 12.5. The predicted molar refractivity (Wildman–Crippen MR) is 70.9 cm³/mol. The molecule has 0 radical (unpaired) electrons. The number of allylic oxidation sites excluding steroid dienone is 3. The van der Waals surface area contributed by atoms with Crippen molar-refractivity contribution in [2.24, 2.45) is 22.4 Å². The Hall–Kier alpha value is -1.58. The highest BCUT2D eigenvalue weighted by Crippen LogP contribution is 2.53. The van der Waals surface area contributed by atoms with Crippen molar-refractivity contribution in [3.05, 3.63) is 23.3 Å². The largest absolute Gasteiger partial charge is 0.457 e. The molecule has 1 saturated heterocycles. The van der Waals surface area contributed by atoms with Gasteiger partial charge in [0.15, 0.2) is 0 Å². The van der Waals surface area contributed by atoms with Crippen LogP contribution in [0.1, 0.15) is 33.6 Å². The van der Waals surface area contributed by atoms with Crippen molar-refractivity contribution >= 4 is 11.7 Å². The van der Waals surface area contributed by atoms with Gasteiger partial charge in [-0.1, -0.05) is 25.1 Å². The van der Waals surface area contributed by atoms with Crippen LogP contribution in [0.15, 0.2) is 28.5 Å². The van der Waals surface area contributed by atoms with E-state index in [1.807, 2.05) is 19.9 Å². The van der Waals surface area contributed by atoms with Gasteiger partial charge >= 0.3 is 5.97 Å². The monoisotopic (exact) mass is 261 g/mol. The Morgan fingerprint density at radius 1 is 1.53 bits per heavy atom. The predicted octanol–water partition coefficient (Wildman–Crippen LogP) is 2.68. The first-order valence-electron chi connectivity index (χ1n) is 6.81. The van der Waals surface area contributed by atoms with Gasteiger partial charge in [0.25, 0.3) is 0 Å². The van der Waals surface area contributed by atoms with Crippen LogP contribution in [0.4, 0.5) is 0 Å². The van der Waals surface area contributed by atoms with Gasteiger partial charge in [-0.2, -0.15) is 0 Å². The standard InChI is InChI=1S/C15H19NO3/c1-8-10-4-6-15(3)7-5-11(16-18)9(2)12(15)13(10)19-14(8)17/h5,7-8,10,13,18H,4,6H2,1-3H3/b16-11+/t8-,10-,13-,15-/m0/s1. The molecule has 1 saturated carbocycles. The molecule has 3 rings (SSSR count). The number of hydrogen-bond acceptors (Lipinski definition) is 4. The summed E-state index contributed by atoms with van der Waals surface area (Å²) in [5.41, 5.74) is 2.56. The van der Waals surface area contributed by atoms with E-state index in [4.69, 9.17) is 9.94 Å². The van der Waals surface area contributed by atoms with Crippen LogP contribution in [-0.2, 0) is 9.53 Å². The fourth-order valence-corrected chi connectivity index (χ4v) is 3.81. The van der Waals surface area contributed by atoms with Gasteiger partial charge < -0.3 is 9.94 Å². The molecule has 1 heterocycles. The lowest BCUT2D eigenvalue weighted by Crippen LogP contribution is -2.39. The second kappa shape index (κ2) is 3.95. The van der Waals surface area contributed by atoms with Gasteiger partial charge in [0.2, 0.25) is 0 Å². The third-order valence-electron chi connectivity index (χ3n) is 5.05. The van der Waals surface area contributed by atoms with Crippen molar-refractivity contribution in [2.45, 2.75) is 39.7 Å². The number of carbonyl (C=O) groups is 1. The Labute approximate surface area is 112 Å². The van der Waals surface area contributed by atoms with Crippen molar-refractivity contribution in [2.75, 3.05) is 0 Å². The van der Waals surface area contributed by atoms with Crippen molar-refractivity contribution in [3.63, 3.8) is 0 Å². The molecule has 1 N–H and O–H groups in total. The van der Waals surface area contributed by atoms with Crippen LogP contribution in [0, 0.1) is 17.3 Å². The second-order valence-corrected chi connectivity index (χ2v) is 6.12. The molecule has 0 amide bonds. The van der Waals surface area contributed by atoms with Crippen LogP contribution in [0.3, 0.4) is 0 Å². The smallest absolute Gasteiger partial charge is 0.309 e. The zero-order valence-corrected chi connectivity index (χ0v) is 11.5. The van der Waals surface area contributed by atoms with Gasteiger partial charge in [0, 0.05) is 11.3 Å². The number of carbonyl (C=O) groups excluding carboxylic acids is 1. The summed E-state index contributed by atoms with van der Waals surface area (Å²) in [6.45, 7) is 6.07. The number of fused-ring (bicyclic) bond motifs is 3. The lowest BCUT2D eigenvalue weighted by atomic mass is 9.61. The maximum Gasteiger partial charge on any atom is 0.309 e. The van der Waals surface area contributed by atoms with E-state index in [1.54, 1.807) is 0 Å². The summed E-state index contributed by atoms with van der Waals surface area (Å²) >= 11 is 0. The Balaban J connectivity index is 2.11. The molecule has 4 heteroatoms. The van der Waals surface area contributed by atoms with Crippen molar-refractivity contribution in [1.29, 1.82) is 0 Å². The molecule has 0 aromatic rings. The fourth-order valence-electron chi connectivity index (χ4n) is 3.81. The maximum absolute atomic E-state index is 11.8. The van der Waals surface area contributed by atoms with Crippen LogP contribution in [0.2, 0.25) is 0 Å². The van der Waals surface area contributed by atoms with Gasteiger partial charge in [0.05, 0.1) is 5.92 Å². The highest BCUT2D eigenvalue weighted by Gasteiger charge is 2.52. The van der Waals surface area contributed by atoms with E-state index in [2.05, 4.69) is 18.2 Å². The third kappa shape index (κ3) is 1.58. The lowest BCUT2D eigenvalue weighted by Gasteiger charge is -2.43. The van der Waals surface area contributed by atoms with E-state index >= 15 is 0 Å². The zero-order chi connectivity index (χ0) is 13.8. The quantitative estimate of drug-likeness (QED) is 0.414. The lowest BCUT2D eigenvalue weighted by molar-refractivity contribution is -0.143. The summed E-state index contributed by atoms with van der Waals surface area (Å²) in [4.78, 5) is 11.8. The first-order chi connectivity index (χ1) is 8.98. The molecule has 3 aliphatic rings. The van der Waals surface area contributed by atoms with E-state index in [0.717, 1.165) is 24.0 Å². The van der Waals surface area contributed by atoms with E-state index in [9.17, 15) is 4.79 Å². The number of hydrogen-bond donors (Lipinski definition) is 1. The number of rotatable bonds is 0. The van der Waals surface area contributed by atoms with Gasteiger partial charge in [-0.25, -0.2) is 0 Å². The zero-order valence-electron chi connectivity index (χ0n) is 11.5. The number of nitrogens with zero attached hydrogens (tertiary/aromatic N) is 1. The molecule has 0 bridgehead atoms. The topological polar surface area (TPSA) is 58.9 Å². The molecule has 4 nitrogen and oxygen atoms in total. The summed E-state index contributed by atoms with van der Waals surface area (Å²) < 4.78 is 5.61. The molecular formula is C15H19NO3. The van der Waals surface area contributed by atoms with E-state index < -0.39 is 0 Å². The summed E-state index contributed by atoms with van der Waals surface area (Å²) in [6, 6.07) is 0. The summed E-state index contributed by atoms with van der Waals surface area (Å²) in [6.07, 6.45) is 5.80. The van der Waals surface area contributed by atoms with E-state index in [1.165, 1.54) is 0 Å². The van der Waals surface area contributed by atoms with Crippen molar-refractivity contribution in [1.82, 2.24) is 0 Å². The van der Waals surface area contributed by atoms with Gasteiger partial charge in [0.1, 0.15) is 11.8 Å². The van der Waals surface area contributed by atoms with Crippen LogP contribution in [-0.4, -0.2) is 23.0 Å². The first-order valence-corrected chi connectivity index (χ1v) is 6.81. The molecule has 0 unspecified atom stereocenters. The molecule has 102 valence electrons. The minimum Gasteiger partial charge on any atom is -0.457 e. The Kier molecular flexibility index (Phi) is 2.59. The minimum atomic E-state index is -0.150. The average molecular weight is 261 g/mol. The van der Waals surface area contributed by atoms with Crippen LogP contribution < -0.4 is 0 Å². The molecule has 19 heavy (non-hydrogen) atoms. The van der Waals surface area contributed by atoms with Crippen LogP contribution in [0.5, 0.6) is 0 Å². The number of ether oxygens (including phenoxy) is 1. The van der Waals surface area contributed by atoms with Crippen LogP contribution in [0.25, 0.3) is 0 Å². The van der Waals surface area contributed by atoms with Gasteiger partial charge in [-0.3, -0.25) is 4.79 Å². The Morgan fingerprint density at radius 3 is 2.95 bits per heavy atom. The molecular weight excluding hydrogens is 242 g/mol. The molecule has 4 atom stereocenters. The van der Waals surface area contributed by atoms with Crippen molar-refractivity contribution < 1.29 is 14.7 Å². The molecule has 0 aromatic carbocycles. The minimum absolute atomic E-state index is 0.0322. The molecule has 2 aliphatic carbocycles. The third-order valence-corrected chi connectivity index (χ3v) is 5.05. The maximum atomic E-state index is 11.8. The highest BCUT2D eigenvalue weighted by molar-refractivity contribution is 6.09. The van der Waals surface area contributed by atoms with E-state index in [-0.39, 0.29) is 29.3 Å². The fraction of sp³-hybridized carbons (Fsp3) is 0.600. The second-order valence-electron chi connectivity index (χ2n) is 6.12. The summed E-state index contributed by atoms with van der Waals surface area (Å²) in [5, 5.41) is 12.4. The van der Waals surface area contributed by atoms with Gasteiger partial charge in [-0.15, -0.1) is 0 Å². The SMILES string of the molecule is CC1=C2[C@H]3OC(=O)[C@@H](C)[C@@H]3CC[C@@]2(C)C=C/C1=N\O. The van der Waals surface area contributed by atoms with Crippen LogP contribution >= 0.6 is 0 Å². The molecule has 0 aromatic heterocycles. The Morgan fingerprint density at radius 2 is 2.26 bits per heavy atom. The number of oxime groups is 1. The van der Waals surface area contributed by atoms with E-state index in [0.29, 0.717) is 5.71 Å². The average Bonchev–Trinajstić information content (AvgIpc) is 2.65. The number of esters is 1. The summed E-state index contributed by atoms with van der Waals surface area (Å²) in [5.74, 6) is 0.129. The highest BCUT2D eigenvalue weighted by atomic mass is 16.6. The van der Waals surface area contributed by atoms with Gasteiger partial charge in [-0.05, 0) is 37.0 Å².